The van der Waals surface area contributed by atoms with Gasteiger partial charge in [0.2, 0.25) is 5.91 Å². The highest BCUT2D eigenvalue weighted by atomic mass is 16.6. The van der Waals surface area contributed by atoms with Crippen molar-refractivity contribution in [1.82, 2.24) is 4.90 Å². The van der Waals surface area contributed by atoms with Crippen LogP contribution in [-0.4, -0.2) is 35.5 Å². The van der Waals surface area contributed by atoms with E-state index in [2.05, 4.69) is 5.18 Å². The van der Waals surface area contributed by atoms with Crippen molar-refractivity contribution in [2.24, 2.45) is 5.18 Å². The Labute approximate surface area is 97.4 Å². The van der Waals surface area contributed by atoms with Crippen LogP contribution in [0.1, 0.15) is 19.8 Å². The molecule has 7 nitrogen and oxygen atoms in total. The molecule has 7 heteroatoms. The normalized spacial score (nSPS) is 17.2. The van der Waals surface area contributed by atoms with Gasteiger partial charge >= 0.3 is 11.9 Å². The van der Waals surface area contributed by atoms with Crippen molar-refractivity contribution in [1.29, 1.82) is 0 Å². The fraction of sp³-hybridized carbons (Fsp3) is 0.500. The summed E-state index contributed by atoms with van der Waals surface area (Å²) in [5.41, 5.74) is 0. The van der Waals surface area contributed by atoms with Crippen LogP contribution in [0.25, 0.3) is 0 Å². The van der Waals surface area contributed by atoms with Gasteiger partial charge in [0.25, 0.3) is 0 Å². The first kappa shape index (κ1) is 13.0. The predicted molar refractivity (Wildman–Crippen MR) is 56.4 cm³/mol. The van der Waals surface area contributed by atoms with Gasteiger partial charge in [-0.15, -0.1) is 4.91 Å². The van der Waals surface area contributed by atoms with Crippen LogP contribution in [0, 0.1) is 4.91 Å². The Morgan fingerprint density at radius 3 is 2.71 bits per heavy atom. The summed E-state index contributed by atoms with van der Waals surface area (Å²) < 4.78 is 4.88. The van der Waals surface area contributed by atoms with E-state index in [-0.39, 0.29) is 5.91 Å². The van der Waals surface area contributed by atoms with Crippen LogP contribution in [0.15, 0.2) is 17.3 Å². The predicted octanol–water partition coefficient (Wildman–Crippen LogP) is 0.347. The summed E-state index contributed by atoms with van der Waals surface area (Å²) >= 11 is 0. The van der Waals surface area contributed by atoms with E-state index in [0.29, 0.717) is 19.0 Å². The topological polar surface area (TPSA) is 93.1 Å². The zero-order valence-corrected chi connectivity index (χ0v) is 9.29. The van der Waals surface area contributed by atoms with E-state index >= 15 is 0 Å². The first-order chi connectivity index (χ1) is 8.04. The standard InChI is InChI=1S/C10H12N2O5/c1-7(12-6-2-3-9(12)14)17-10(15)5-4-8(13)11-16/h4-5,7H,2-3,6H2,1H3/b5-4-. The summed E-state index contributed by atoms with van der Waals surface area (Å²) in [5.74, 6) is -1.93. The Bertz CT molecular complexity index is 377. The second kappa shape index (κ2) is 5.88. The molecule has 2 amide bonds. The van der Waals surface area contributed by atoms with Crippen LogP contribution in [0.5, 0.6) is 0 Å². The Kier molecular flexibility index (Phi) is 4.50. The fourth-order valence-electron chi connectivity index (χ4n) is 1.49. The highest BCUT2D eigenvalue weighted by Gasteiger charge is 2.26. The number of nitrogens with zero attached hydrogens (tertiary/aromatic N) is 2. The number of esters is 1. The summed E-state index contributed by atoms with van der Waals surface area (Å²) in [6.45, 7) is 2.11. The average molecular weight is 240 g/mol. The molecule has 1 fully saturated rings. The lowest BCUT2D eigenvalue weighted by Crippen LogP contribution is -2.37. The summed E-state index contributed by atoms with van der Waals surface area (Å²) in [6, 6.07) is 0. The molecule has 1 saturated heterocycles. The quantitative estimate of drug-likeness (QED) is 0.401. The van der Waals surface area contributed by atoms with Crippen LogP contribution in [0.3, 0.4) is 0 Å². The minimum Gasteiger partial charge on any atom is -0.439 e. The molecule has 0 aliphatic carbocycles. The molecule has 0 bridgehead atoms. The molecule has 0 aromatic heterocycles. The van der Waals surface area contributed by atoms with E-state index in [9.17, 15) is 19.3 Å². The largest absolute Gasteiger partial charge is 0.439 e. The maximum atomic E-state index is 11.3. The van der Waals surface area contributed by atoms with Gasteiger partial charge in [0.1, 0.15) is 0 Å². The van der Waals surface area contributed by atoms with Gasteiger partial charge in [-0.2, -0.15) is 0 Å². The summed E-state index contributed by atoms with van der Waals surface area (Å²) in [5, 5.41) is 2.08. The van der Waals surface area contributed by atoms with Gasteiger partial charge in [-0.05, 0) is 13.3 Å². The monoisotopic (exact) mass is 240 g/mol. The maximum Gasteiger partial charge on any atom is 0.332 e. The third-order valence-corrected chi connectivity index (χ3v) is 2.29. The van der Waals surface area contributed by atoms with Crippen molar-refractivity contribution in [3.05, 3.63) is 17.1 Å². The van der Waals surface area contributed by atoms with E-state index in [1.165, 1.54) is 4.90 Å². The number of likely N-dealkylation sites (tertiary alicyclic amines) is 1. The highest BCUT2D eigenvalue weighted by Crippen LogP contribution is 2.14. The van der Waals surface area contributed by atoms with E-state index in [0.717, 1.165) is 12.5 Å². The Balaban J connectivity index is 2.45. The minimum absolute atomic E-state index is 0.0695. The van der Waals surface area contributed by atoms with Crippen LogP contribution in [0.4, 0.5) is 0 Å². The van der Waals surface area contributed by atoms with Crippen molar-refractivity contribution in [3.63, 3.8) is 0 Å². The molecule has 92 valence electrons. The SMILES string of the molecule is CC(OC(=O)/C=C\C(=O)N=O)N1CCCC1=O. The highest BCUT2D eigenvalue weighted by molar-refractivity contribution is 5.95. The molecule has 0 aromatic rings. The van der Waals surface area contributed by atoms with Gasteiger partial charge in [-0.3, -0.25) is 9.59 Å². The minimum atomic E-state index is -1.06. The van der Waals surface area contributed by atoms with Crippen LogP contribution in [-0.2, 0) is 19.1 Å². The fourth-order valence-corrected chi connectivity index (χ4v) is 1.49. The van der Waals surface area contributed by atoms with E-state index in [4.69, 9.17) is 4.74 Å². The first-order valence-corrected chi connectivity index (χ1v) is 5.10. The number of ether oxygens (including phenoxy) is 1. The Hall–Kier alpha value is -2.05. The van der Waals surface area contributed by atoms with Gasteiger partial charge in [0.15, 0.2) is 6.23 Å². The summed E-state index contributed by atoms with van der Waals surface area (Å²) in [6.07, 6.45) is 2.03. The third kappa shape index (κ3) is 3.78. The molecule has 1 heterocycles. The van der Waals surface area contributed by atoms with Crippen molar-refractivity contribution < 1.29 is 19.1 Å². The molecule has 0 saturated carbocycles. The molecule has 1 atom stereocenters. The number of rotatable bonds is 4. The maximum absolute atomic E-state index is 11.3. The Morgan fingerprint density at radius 2 is 2.18 bits per heavy atom. The molecular weight excluding hydrogens is 228 g/mol. The molecule has 1 aliphatic heterocycles. The molecule has 0 aromatic carbocycles. The van der Waals surface area contributed by atoms with Crippen LogP contribution >= 0.6 is 0 Å². The van der Waals surface area contributed by atoms with Gasteiger partial charge in [-0.25, -0.2) is 4.79 Å². The number of amides is 2. The molecule has 0 N–H and O–H groups in total. The van der Waals surface area contributed by atoms with Crippen molar-refractivity contribution in [2.75, 3.05) is 6.54 Å². The Morgan fingerprint density at radius 1 is 1.47 bits per heavy atom. The molecule has 1 rings (SSSR count). The second-order valence-corrected chi connectivity index (χ2v) is 3.49. The smallest absolute Gasteiger partial charge is 0.332 e. The van der Waals surface area contributed by atoms with Gasteiger partial charge in [0.05, 0.1) is 0 Å². The van der Waals surface area contributed by atoms with Crippen molar-refractivity contribution in [3.8, 4) is 0 Å². The zero-order valence-electron chi connectivity index (χ0n) is 9.29. The lowest BCUT2D eigenvalue weighted by molar-refractivity contribution is -0.156. The number of carbonyl (C=O) groups is 3. The lowest BCUT2D eigenvalue weighted by Gasteiger charge is -2.23. The van der Waals surface area contributed by atoms with E-state index < -0.39 is 18.1 Å². The van der Waals surface area contributed by atoms with Crippen molar-refractivity contribution >= 4 is 17.8 Å². The van der Waals surface area contributed by atoms with E-state index in [1.54, 1.807) is 6.92 Å². The molecule has 0 radical (unpaired) electrons. The average Bonchev–Trinajstić information content (AvgIpc) is 2.72. The summed E-state index contributed by atoms with van der Waals surface area (Å²) in [4.78, 5) is 44.2. The molecule has 1 unspecified atom stereocenters. The number of nitroso groups, excluding NO2 is 1. The number of hydrogen-bond donors (Lipinski definition) is 0. The van der Waals surface area contributed by atoms with Gasteiger partial charge in [0, 0.05) is 30.3 Å². The molecular formula is C10H12N2O5. The molecule has 17 heavy (non-hydrogen) atoms. The van der Waals surface area contributed by atoms with Crippen LogP contribution < -0.4 is 0 Å². The van der Waals surface area contributed by atoms with Crippen molar-refractivity contribution in [2.45, 2.75) is 26.0 Å². The zero-order chi connectivity index (χ0) is 12.8. The molecule has 1 aliphatic rings. The number of hydrogen-bond acceptors (Lipinski definition) is 5. The molecule has 0 spiro atoms. The first-order valence-electron chi connectivity index (χ1n) is 5.10. The number of carbonyl (C=O) groups excluding carboxylic acids is 3. The summed E-state index contributed by atoms with van der Waals surface area (Å²) in [7, 11) is 0. The van der Waals surface area contributed by atoms with E-state index in [1.807, 2.05) is 0 Å². The van der Waals surface area contributed by atoms with Crippen LogP contribution in [0.2, 0.25) is 0 Å². The second-order valence-electron chi connectivity index (χ2n) is 3.49. The van der Waals surface area contributed by atoms with Gasteiger partial charge in [-0.1, -0.05) is 0 Å². The van der Waals surface area contributed by atoms with Gasteiger partial charge < -0.3 is 9.64 Å². The third-order valence-electron chi connectivity index (χ3n) is 2.29. The lowest BCUT2D eigenvalue weighted by atomic mass is 10.4.